The van der Waals surface area contributed by atoms with E-state index in [0.29, 0.717) is 5.56 Å². The smallest absolute Gasteiger partial charge is 0.229 e. The van der Waals surface area contributed by atoms with Crippen LogP contribution in [0.25, 0.3) is 0 Å². The van der Waals surface area contributed by atoms with Gasteiger partial charge >= 0.3 is 0 Å². The number of aromatic hydroxyl groups is 2. The standard InChI is InChI=1S/C32H40O18/c1-11-21(37)24(40)27(43)31(46-11)50-29-25(41)23(39)19(10-45-30-26(42)22(38)16(36)9-44-30)49-32(29)48-17-7-6-14(34)20-15(35)8-18(47-28(17)20)12-2-4-13(33)5-3-12/h2-7,11,16,18-19,21-27,29-34,36-43H,8-10H2,1H3/t11-,16+,18-,19+,21-,22-,23+,24+,25-,26+,27+,29+,30-,31-,32+/m0/s1. The van der Waals surface area contributed by atoms with Crippen molar-refractivity contribution in [2.45, 2.75) is 105 Å². The van der Waals surface area contributed by atoms with Crippen molar-refractivity contribution in [3.05, 3.63) is 47.5 Å². The van der Waals surface area contributed by atoms with Crippen LogP contribution in [0.3, 0.4) is 0 Å². The van der Waals surface area contributed by atoms with Crippen LogP contribution >= 0.6 is 0 Å². The number of ketones is 1. The second kappa shape index (κ2) is 14.8. The van der Waals surface area contributed by atoms with Gasteiger partial charge in [0.05, 0.1) is 25.7 Å². The Morgan fingerprint density at radius 2 is 1.46 bits per heavy atom. The SMILES string of the molecule is C[C@@H]1O[C@@H](O[C@H]2[C@H](Oc3ccc(O)c4c3O[C@H](c3ccc(O)cc3)CC4=O)O[C@H](CO[C@@H]3OC[C@@H](O)[C@H](O)[C@H]3O)[C@@H](O)[C@@H]2O)[C@H](O)[C@H](O)[C@H]1O. The van der Waals surface area contributed by atoms with E-state index in [-0.39, 0.29) is 35.8 Å². The zero-order valence-electron chi connectivity index (χ0n) is 26.5. The Hall–Kier alpha value is -3.21. The Kier molecular flexibility index (Phi) is 10.8. The van der Waals surface area contributed by atoms with Gasteiger partial charge in [0.1, 0.15) is 78.1 Å². The van der Waals surface area contributed by atoms with Crippen LogP contribution in [0.5, 0.6) is 23.0 Å². The van der Waals surface area contributed by atoms with Gasteiger partial charge in [-0.15, -0.1) is 0 Å². The maximum absolute atomic E-state index is 13.3. The van der Waals surface area contributed by atoms with Crippen molar-refractivity contribution in [3.63, 3.8) is 0 Å². The number of rotatable bonds is 8. The molecule has 50 heavy (non-hydrogen) atoms. The second-order valence-corrected chi connectivity index (χ2v) is 12.6. The largest absolute Gasteiger partial charge is 0.508 e. The van der Waals surface area contributed by atoms with Gasteiger partial charge in [-0.05, 0) is 36.8 Å². The summed E-state index contributed by atoms with van der Waals surface area (Å²) in [5.74, 6) is -1.33. The van der Waals surface area contributed by atoms with Gasteiger partial charge in [0, 0.05) is 0 Å². The Bertz CT molecular complexity index is 1490. The third kappa shape index (κ3) is 7.13. The molecule has 2 aromatic rings. The van der Waals surface area contributed by atoms with E-state index in [1.165, 1.54) is 25.1 Å². The Labute approximate surface area is 284 Å². The lowest BCUT2D eigenvalue weighted by Crippen LogP contribution is -2.65. The minimum atomic E-state index is -1.89. The van der Waals surface area contributed by atoms with Crippen molar-refractivity contribution >= 4 is 5.78 Å². The topological polar surface area (TPSA) is 284 Å². The van der Waals surface area contributed by atoms with Gasteiger partial charge in [-0.2, -0.15) is 0 Å². The van der Waals surface area contributed by atoms with Crippen LogP contribution in [0.15, 0.2) is 36.4 Å². The molecule has 0 aromatic heterocycles. The number of hydrogen-bond acceptors (Lipinski definition) is 18. The number of hydrogen-bond donors (Lipinski definition) is 10. The molecule has 3 saturated heterocycles. The number of aliphatic hydroxyl groups excluding tert-OH is 8. The molecule has 2 aromatic carbocycles. The quantitative estimate of drug-likeness (QED) is 0.133. The second-order valence-electron chi connectivity index (χ2n) is 12.6. The van der Waals surface area contributed by atoms with Gasteiger partial charge in [-0.25, -0.2) is 0 Å². The van der Waals surface area contributed by atoms with Crippen LogP contribution in [0.2, 0.25) is 0 Å². The number of carbonyl (C=O) groups excluding carboxylic acids is 1. The summed E-state index contributed by atoms with van der Waals surface area (Å²) in [7, 11) is 0. The maximum Gasteiger partial charge on any atom is 0.229 e. The summed E-state index contributed by atoms with van der Waals surface area (Å²) in [5, 5.41) is 104. The lowest BCUT2D eigenvalue weighted by molar-refractivity contribution is -0.358. The zero-order valence-corrected chi connectivity index (χ0v) is 26.5. The van der Waals surface area contributed by atoms with Crippen LogP contribution in [-0.2, 0) is 23.7 Å². The monoisotopic (exact) mass is 712 g/mol. The van der Waals surface area contributed by atoms with E-state index in [9.17, 15) is 55.9 Å². The molecule has 4 heterocycles. The van der Waals surface area contributed by atoms with E-state index >= 15 is 0 Å². The van der Waals surface area contributed by atoms with Crippen LogP contribution in [0.1, 0.15) is 35.4 Å². The molecular weight excluding hydrogens is 672 g/mol. The summed E-state index contributed by atoms with van der Waals surface area (Å²) in [6.07, 6.45) is -23.5. The van der Waals surface area contributed by atoms with Crippen molar-refractivity contribution in [2.75, 3.05) is 13.2 Å². The van der Waals surface area contributed by atoms with E-state index in [0.717, 1.165) is 6.07 Å². The van der Waals surface area contributed by atoms with Crippen LogP contribution < -0.4 is 9.47 Å². The molecule has 15 atom stereocenters. The molecule has 6 rings (SSSR count). The maximum atomic E-state index is 13.3. The van der Waals surface area contributed by atoms with Gasteiger partial charge < -0.3 is 84.2 Å². The molecule has 4 aliphatic rings. The molecule has 0 radical (unpaired) electrons. The molecule has 4 aliphatic heterocycles. The normalized spacial score (nSPS) is 40.5. The van der Waals surface area contributed by atoms with Crippen LogP contribution in [0.4, 0.5) is 0 Å². The molecule has 18 heteroatoms. The molecule has 0 unspecified atom stereocenters. The predicted octanol–water partition coefficient (Wildman–Crippen LogP) is -2.70. The first-order valence-electron chi connectivity index (χ1n) is 15.9. The number of ether oxygens (including phenoxy) is 7. The van der Waals surface area contributed by atoms with E-state index in [1.54, 1.807) is 12.1 Å². The third-order valence-corrected chi connectivity index (χ3v) is 9.14. The fourth-order valence-corrected chi connectivity index (χ4v) is 6.17. The highest BCUT2D eigenvalue weighted by Gasteiger charge is 2.52. The average molecular weight is 713 g/mol. The highest BCUT2D eigenvalue weighted by molar-refractivity contribution is 6.03. The summed E-state index contributed by atoms with van der Waals surface area (Å²) in [6, 6.07) is 8.32. The fourth-order valence-electron chi connectivity index (χ4n) is 6.17. The third-order valence-electron chi connectivity index (χ3n) is 9.14. The highest BCUT2D eigenvalue weighted by atomic mass is 16.8. The molecule has 0 bridgehead atoms. The molecular formula is C32H40O18. The van der Waals surface area contributed by atoms with E-state index in [4.69, 9.17) is 33.2 Å². The summed E-state index contributed by atoms with van der Waals surface area (Å²) in [4.78, 5) is 13.3. The van der Waals surface area contributed by atoms with Gasteiger partial charge in [-0.3, -0.25) is 4.79 Å². The number of carbonyl (C=O) groups is 1. The first-order chi connectivity index (χ1) is 23.7. The lowest BCUT2D eigenvalue weighted by atomic mass is 9.95. The van der Waals surface area contributed by atoms with Crippen molar-refractivity contribution in [1.29, 1.82) is 0 Å². The van der Waals surface area contributed by atoms with Crippen molar-refractivity contribution in [3.8, 4) is 23.0 Å². The number of benzene rings is 2. The Morgan fingerprint density at radius 3 is 2.18 bits per heavy atom. The molecule has 276 valence electrons. The molecule has 10 N–H and O–H groups in total. The number of Topliss-reactive ketones (excluding diaryl/α,β-unsaturated/α-hetero) is 1. The summed E-state index contributed by atoms with van der Waals surface area (Å²) in [5.41, 5.74) is 0.303. The summed E-state index contributed by atoms with van der Waals surface area (Å²) >= 11 is 0. The molecule has 0 amide bonds. The number of phenolic OH excluding ortho intramolecular Hbond substituents is 2. The first kappa shape index (κ1) is 36.6. The van der Waals surface area contributed by atoms with Crippen LogP contribution in [0, 0.1) is 0 Å². The van der Waals surface area contributed by atoms with E-state index in [2.05, 4.69) is 0 Å². The minimum Gasteiger partial charge on any atom is -0.508 e. The Morgan fingerprint density at radius 1 is 0.760 bits per heavy atom. The number of phenols is 2. The van der Waals surface area contributed by atoms with E-state index < -0.39 is 110 Å². The first-order valence-corrected chi connectivity index (χ1v) is 15.9. The Balaban J connectivity index is 1.29. The minimum absolute atomic E-state index is 0.0143. The molecule has 3 fully saturated rings. The van der Waals surface area contributed by atoms with Gasteiger partial charge in [0.15, 0.2) is 36.0 Å². The van der Waals surface area contributed by atoms with Gasteiger partial charge in [-0.1, -0.05) is 12.1 Å². The molecule has 18 nitrogen and oxygen atoms in total. The zero-order chi connectivity index (χ0) is 36.0. The van der Waals surface area contributed by atoms with Crippen molar-refractivity contribution < 1.29 is 89.0 Å². The number of aliphatic hydroxyl groups is 8. The number of fused-ring (bicyclic) bond motifs is 1. The molecule has 0 spiro atoms. The predicted molar refractivity (Wildman–Crippen MR) is 161 cm³/mol. The molecule has 0 saturated carbocycles. The van der Waals surface area contributed by atoms with E-state index in [1.807, 2.05) is 0 Å². The fraction of sp³-hybridized carbons (Fsp3) is 0.594. The molecule has 0 aliphatic carbocycles. The van der Waals surface area contributed by atoms with Crippen molar-refractivity contribution in [2.24, 2.45) is 0 Å². The van der Waals surface area contributed by atoms with Gasteiger partial charge in [0.2, 0.25) is 6.29 Å². The van der Waals surface area contributed by atoms with Crippen LogP contribution in [-0.4, -0.2) is 156 Å². The lowest BCUT2D eigenvalue weighted by Gasteiger charge is -2.46. The summed E-state index contributed by atoms with van der Waals surface area (Å²) < 4.78 is 40.3. The van der Waals surface area contributed by atoms with Crippen molar-refractivity contribution in [1.82, 2.24) is 0 Å². The average Bonchev–Trinajstić information content (AvgIpc) is 3.09. The highest BCUT2D eigenvalue weighted by Crippen LogP contribution is 2.46. The summed E-state index contributed by atoms with van der Waals surface area (Å²) in [6.45, 7) is 0.449. The van der Waals surface area contributed by atoms with Gasteiger partial charge in [0.25, 0.3) is 0 Å².